The summed E-state index contributed by atoms with van der Waals surface area (Å²) < 4.78 is 18.8. The molecule has 1 N–H and O–H groups in total. The van der Waals surface area contributed by atoms with E-state index in [-0.39, 0.29) is 10.9 Å². The Kier molecular flexibility index (Phi) is 3.21. The monoisotopic (exact) mass is 292 g/mol. The van der Waals surface area contributed by atoms with E-state index in [0.717, 1.165) is 6.07 Å². The predicted octanol–water partition coefficient (Wildman–Crippen LogP) is 2.24. The quantitative estimate of drug-likeness (QED) is 0.796. The third kappa shape index (κ3) is 2.54. The molecule has 0 aliphatic carbocycles. The van der Waals surface area contributed by atoms with Crippen molar-refractivity contribution >= 4 is 11.6 Å². The van der Waals surface area contributed by atoms with Crippen molar-refractivity contribution in [2.24, 2.45) is 0 Å². The highest BCUT2D eigenvalue weighted by molar-refractivity contribution is 6.30. The average molecular weight is 293 g/mol. The number of ether oxygens (including phenoxy) is 1. The van der Waals surface area contributed by atoms with E-state index in [1.54, 1.807) is 12.1 Å². The second-order valence-corrected chi connectivity index (χ2v) is 4.09. The zero-order valence-electron chi connectivity index (χ0n) is 9.79. The molecule has 0 bridgehead atoms. The fraction of sp³-hybridized carbons (Fsp3) is 0. The van der Waals surface area contributed by atoms with Crippen LogP contribution in [0, 0.1) is 5.82 Å². The maximum Gasteiger partial charge on any atom is 0.256 e. The number of nitrogens with one attached hydrogen (secondary N) is 1. The second-order valence-electron chi connectivity index (χ2n) is 3.66. The maximum atomic E-state index is 13.5. The Balaban J connectivity index is 1.81. The molecule has 3 heterocycles. The van der Waals surface area contributed by atoms with Gasteiger partial charge in [-0.1, -0.05) is 11.6 Å². The molecule has 0 aliphatic heterocycles. The topological polar surface area (TPSA) is 89.5 Å². The van der Waals surface area contributed by atoms with Crippen molar-refractivity contribution < 1.29 is 9.13 Å². The SMILES string of the molecule is Fc1cc(Cl)cnc1Oc1ccc(-c2nn[nH]n2)nc1. The zero-order chi connectivity index (χ0) is 13.9. The molecule has 0 unspecified atom stereocenters. The summed E-state index contributed by atoms with van der Waals surface area (Å²) in [6, 6.07) is 4.33. The van der Waals surface area contributed by atoms with Crippen LogP contribution in [-0.4, -0.2) is 30.6 Å². The number of tetrazole rings is 1. The minimum Gasteiger partial charge on any atom is -0.435 e. The van der Waals surface area contributed by atoms with Crippen LogP contribution in [0.1, 0.15) is 0 Å². The van der Waals surface area contributed by atoms with Crippen LogP contribution in [-0.2, 0) is 0 Å². The van der Waals surface area contributed by atoms with Gasteiger partial charge in [0, 0.05) is 6.20 Å². The molecule has 0 spiro atoms. The fourth-order valence-corrected chi connectivity index (χ4v) is 1.58. The molecule has 7 nitrogen and oxygen atoms in total. The van der Waals surface area contributed by atoms with E-state index in [1.807, 2.05) is 0 Å². The third-order valence-corrected chi connectivity index (χ3v) is 2.51. The summed E-state index contributed by atoms with van der Waals surface area (Å²) in [5.74, 6) is -0.151. The summed E-state index contributed by atoms with van der Waals surface area (Å²) >= 11 is 5.60. The Morgan fingerprint density at radius 2 is 2.10 bits per heavy atom. The molecule has 0 amide bonds. The van der Waals surface area contributed by atoms with Crippen molar-refractivity contribution in [2.45, 2.75) is 0 Å². The van der Waals surface area contributed by atoms with Gasteiger partial charge >= 0.3 is 0 Å². The van der Waals surface area contributed by atoms with Crippen LogP contribution in [0.5, 0.6) is 11.6 Å². The van der Waals surface area contributed by atoms with Crippen LogP contribution in [0.15, 0.2) is 30.6 Å². The Hall–Kier alpha value is -2.61. The summed E-state index contributed by atoms with van der Waals surface area (Å²) in [5, 5.41) is 13.5. The molecule has 3 rings (SSSR count). The van der Waals surface area contributed by atoms with Crippen LogP contribution in [0.3, 0.4) is 0 Å². The molecule has 3 aromatic heterocycles. The van der Waals surface area contributed by atoms with Crippen molar-refractivity contribution in [3.8, 4) is 23.1 Å². The number of hydrogen-bond donors (Lipinski definition) is 1. The van der Waals surface area contributed by atoms with Crippen LogP contribution < -0.4 is 4.74 Å². The van der Waals surface area contributed by atoms with Gasteiger partial charge in [-0.2, -0.15) is 5.21 Å². The molecular weight excluding hydrogens is 287 g/mol. The van der Waals surface area contributed by atoms with E-state index in [9.17, 15) is 4.39 Å². The number of pyridine rings is 2. The highest BCUT2D eigenvalue weighted by atomic mass is 35.5. The highest BCUT2D eigenvalue weighted by Crippen LogP contribution is 2.24. The first-order valence-electron chi connectivity index (χ1n) is 5.41. The Morgan fingerprint density at radius 3 is 2.75 bits per heavy atom. The first-order valence-corrected chi connectivity index (χ1v) is 5.79. The molecule has 0 aliphatic rings. The number of H-pyrrole nitrogens is 1. The zero-order valence-corrected chi connectivity index (χ0v) is 10.5. The summed E-state index contributed by atoms with van der Waals surface area (Å²) in [5.41, 5.74) is 0.510. The molecule has 0 saturated carbocycles. The van der Waals surface area contributed by atoms with Gasteiger partial charge in [0.1, 0.15) is 11.4 Å². The van der Waals surface area contributed by atoms with Gasteiger partial charge in [0.15, 0.2) is 5.82 Å². The van der Waals surface area contributed by atoms with E-state index in [4.69, 9.17) is 16.3 Å². The Bertz CT molecular complexity index is 718. The smallest absolute Gasteiger partial charge is 0.256 e. The molecule has 3 aromatic rings. The largest absolute Gasteiger partial charge is 0.435 e. The Morgan fingerprint density at radius 1 is 1.20 bits per heavy atom. The van der Waals surface area contributed by atoms with E-state index in [1.165, 1.54) is 12.4 Å². The molecular formula is C11H6ClFN6O. The van der Waals surface area contributed by atoms with Gasteiger partial charge < -0.3 is 4.74 Å². The molecule has 0 fully saturated rings. The van der Waals surface area contributed by atoms with Gasteiger partial charge in [-0.3, -0.25) is 0 Å². The lowest BCUT2D eigenvalue weighted by Crippen LogP contribution is -1.93. The van der Waals surface area contributed by atoms with Gasteiger partial charge in [0.2, 0.25) is 5.82 Å². The van der Waals surface area contributed by atoms with E-state index in [2.05, 4.69) is 30.6 Å². The van der Waals surface area contributed by atoms with E-state index >= 15 is 0 Å². The molecule has 9 heteroatoms. The molecule has 0 saturated heterocycles. The van der Waals surface area contributed by atoms with E-state index < -0.39 is 5.82 Å². The lowest BCUT2D eigenvalue weighted by molar-refractivity contribution is 0.421. The lowest BCUT2D eigenvalue weighted by Gasteiger charge is -2.05. The van der Waals surface area contributed by atoms with Crippen LogP contribution in [0.4, 0.5) is 4.39 Å². The second kappa shape index (κ2) is 5.17. The number of hydrogen-bond acceptors (Lipinski definition) is 6. The van der Waals surface area contributed by atoms with Crippen molar-refractivity contribution in [3.05, 3.63) is 41.4 Å². The normalized spacial score (nSPS) is 10.5. The van der Waals surface area contributed by atoms with Crippen molar-refractivity contribution in [1.29, 1.82) is 0 Å². The average Bonchev–Trinajstić information content (AvgIpc) is 2.97. The first-order chi connectivity index (χ1) is 9.72. The molecule has 0 aromatic carbocycles. The van der Waals surface area contributed by atoms with Crippen LogP contribution in [0.2, 0.25) is 5.02 Å². The van der Waals surface area contributed by atoms with Gasteiger partial charge in [-0.05, 0) is 23.4 Å². The van der Waals surface area contributed by atoms with Crippen molar-refractivity contribution in [1.82, 2.24) is 30.6 Å². The van der Waals surface area contributed by atoms with Gasteiger partial charge in [-0.25, -0.2) is 14.4 Å². The summed E-state index contributed by atoms with van der Waals surface area (Å²) in [6.45, 7) is 0. The molecule has 100 valence electrons. The predicted molar refractivity (Wildman–Crippen MR) is 66.7 cm³/mol. The Labute approximate surface area is 116 Å². The number of aromatic nitrogens is 6. The number of nitrogens with zero attached hydrogens (tertiary/aromatic N) is 5. The van der Waals surface area contributed by atoms with Gasteiger partial charge in [-0.15, -0.1) is 10.2 Å². The van der Waals surface area contributed by atoms with Gasteiger partial charge in [0.25, 0.3) is 5.88 Å². The number of halogens is 2. The maximum absolute atomic E-state index is 13.5. The number of rotatable bonds is 3. The highest BCUT2D eigenvalue weighted by Gasteiger charge is 2.09. The minimum atomic E-state index is -0.653. The van der Waals surface area contributed by atoms with E-state index in [0.29, 0.717) is 17.3 Å². The minimum absolute atomic E-state index is 0.177. The van der Waals surface area contributed by atoms with Crippen LogP contribution >= 0.6 is 11.6 Å². The third-order valence-electron chi connectivity index (χ3n) is 2.30. The fourth-order valence-electron chi connectivity index (χ4n) is 1.43. The summed E-state index contributed by atoms with van der Waals surface area (Å²) in [4.78, 5) is 7.83. The summed E-state index contributed by atoms with van der Waals surface area (Å²) in [6.07, 6.45) is 2.70. The molecule has 0 atom stereocenters. The summed E-state index contributed by atoms with van der Waals surface area (Å²) in [7, 11) is 0. The molecule has 20 heavy (non-hydrogen) atoms. The standard InChI is InChI=1S/C11H6ClFN6O/c12-6-3-8(13)11(15-4-6)20-7-1-2-9(14-5-7)10-16-18-19-17-10/h1-5H,(H,16,17,18,19). The molecule has 0 radical (unpaired) electrons. The van der Waals surface area contributed by atoms with Crippen molar-refractivity contribution in [3.63, 3.8) is 0 Å². The van der Waals surface area contributed by atoms with Gasteiger partial charge in [0.05, 0.1) is 11.2 Å². The lowest BCUT2D eigenvalue weighted by atomic mass is 10.3. The van der Waals surface area contributed by atoms with Crippen LogP contribution in [0.25, 0.3) is 11.5 Å². The van der Waals surface area contributed by atoms with Crippen molar-refractivity contribution in [2.75, 3.05) is 0 Å². The first kappa shape index (κ1) is 12.4. The number of aromatic amines is 1.